The third-order valence-electron chi connectivity index (χ3n) is 2.17. The molecule has 0 amide bonds. The van der Waals surface area contributed by atoms with E-state index in [4.69, 9.17) is 4.74 Å². The van der Waals surface area contributed by atoms with Gasteiger partial charge < -0.3 is 9.47 Å². The average Bonchev–Trinajstić information content (AvgIpc) is 2.76. The summed E-state index contributed by atoms with van der Waals surface area (Å²) in [5.41, 5.74) is 0.151. The van der Waals surface area contributed by atoms with Crippen LogP contribution in [0.15, 0.2) is 24.3 Å². The Morgan fingerprint density at radius 2 is 2.00 bits per heavy atom. The van der Waals surface area contributed by atoms with Gasteiger partial charge in [-0.2, -0.15) is 5.10 Å². The van der Waals surface area contributed by atoms with Crippen LogP contribution >= 0.6 is 0 Å². The molecular formula is C11H10F3N3O2. The van der Waals surface area contributed by atoms with E-state index in [2.05, 4.69) is 19.9 Å². The smallest absolute Gasteiger partial charge is 0.405 e. The largest absolute Gasteiger partial charge is 0.573 e. The van der Waals surface area contributed by atoms with Gasteiger partial charge in [-0.1, -0.05) is 12.1 Å². The average molecular weight is 273 g/mol. The van der Waals surface area contributed by atoms with Crippen molar-refractivity contribution in [3.8, 4) is 17.1 Å². The van der Waals surface area contributed by atoms with Crippen LogP contribution in [0.4, 0.5) is 13.2 Å². The molecule has 0 radical (unpaired) electrons. The zero-order valence-corrected chi connectivity index (χ0v) is 9.86. The van der Waals surface area contributed by atoms with Crippen LogP contribution in [0.2, 0.25) is 0 Å². The van der Waals surface area contributed by atoms with Crippen LogP contribution in [0.25, 0.3) is 11.4 Å². The second-order valence-electron chi connectivity index (χ2n) is 3.58. The van der Waals surface area contributed by atoms with Crippen molar-refractivity contribution in [3.63, 3.8) is 0 Å². The van der Waals surface area contributed by atoms with E-state index >= 15 is 0 Å². The Bertz CT molecular complexity index is 554. The van der Waals surface area contributed by atoms with E-state index in [0.29, 0.717) is 5.82 Å². The minimum atomic E-state index is -4.76. The Morgan fingerprint density at radius 3 is 2.68 bits per heavy atom. The molecule has 8 heteroatoms. The van der Waals surface area contributed by atoms with Crippen molar-refractivity contribution >= 4 is 0 Å². The van der Waals surface area contributed by atoms with Crippen LogP contribution in [0.5, 0.6) is 5.75 Å². The van der Waals surface area contributed by atoms with Gasteiger partial charge in [-0.3, -0.25) is 5.10 Å². The number of alkyl halides is 3. The van der Waals surface area contributed by atoms with Crippen molar-refractivity contribution in [1.29, 1.82) is 0 Å². The predicted molar refractivity (Wildman–Crippen MR) is 59.2 cm³/mol. The number of aromatic amines is 1. The minimum Gasteiger partial charge on any atom is -0.405 e. The molecule has 1 aromatic heterocycles. The van der Waals surface area contributed by atoms with Gasteiger partial charge in [0.15, 0.2) is 11.6 Å². The number of methoxy groups -OCH3 is 1. The molecule has 5 nitrogen and oxygen atoms in total. The van der Waals surface area contributed by atoms with E-state index in [1.54, 1.807) is 6.07 Å². The van der Waals surface area contributed by atoms with Crippen LogP contribution in [0, 0.1) is 0 Å². The number of para-hydroxylation sites is 1. The second-order valence-corrected chi connectivity index (χ2v) is 3.58. The Balaban J connectivity index is 2.32. The van der Waals surface area contributed by atoms with Gasteiger partial charge in [-0.25, -0.2) is 4.98 Å². The van der Waals surface area contributed by atoms with Crippen LogP contribution in [-0.4, -0.2) is 28.7 Å². The highest BCUT2D eigenvalue weighted by molar-refractivity contribution is 5.63. The highest BCUT2D eigenvalue weighted by Gasteiger charge is 2.32. The summed E-state index contributed by atoms with van der Waals surface area (Å²) in [7, 11) is 1.48. The molecule has 0 saturated heterocycles. The maximum absolute atomic E-state index is 12.3. The molecule has 0 bridgehead atoms. The third-order valence-corrected chi connectivity index (χ3v) is 2.17. The normalized spacial score (nSPS) is 11.6. The van der Waals surface area contributed by atoms with Crippen LogP contribution in [-0.2, 0) is 11.3 Å². The fraction of sp³-hybridized carbons (Fsp3) is 0.273. The second kappa shape index (κ2) is 5.27. The molecular weight excluding hydrogens is 263 g/mol. The van der Waals surface area contributed by atoms with Gasteiger partial charge in [0.2, 0.25) is 0 Å². The number of ether oxygens (including phenoxy) is 2. The maximum Gasteiger partial charge on any atom is 0.573 e. The molecule has 0 aliphatic rings. The number of H-pyrrole nitrogens is 1. The number of nitrogens with one attached hydrogen (secondary N) is 1. The minimum absolute atomic E-state index is 0.118. The number of benzene rings is 1. The van der Waals surface area contributed by atoms with E-state index < -0.39 is 6.36 Å². The number of nitrogens with zero attached hydrogens (tertiary/aromatic N) is 2. The molecule has 1 N–H and O–H groups in total. The molecule has 1 aromatic carbocycles. The van der Waals surface area contributed by atoms with Gasteiger partial charge in [-0.05, 0) is 12.1 Å². The number of rotatable bonds is 4. The number of hydrogen-bond acceptors (Lipinski definition) is 4. The fourth-order valence-corrected chi connectivity index (χ4v) is 1.48. The standard InChI is InChI=1S/C11H10F3N3O2/c1-18-6-9-15-10(17-16-9)7-4-2-3-5-8(7)19-11(12,13)14/h2-5H,6H2,1H3,(H,15,16,17). The monoisotopic (exact) mass is 273 g/mol. The lowest BCUT2D eigenvalue weighted by atomic mass is 10.2. The fourth-order valence-electron chi connectivity index (χ4n) is 1.48. The summed E-state index contributed by atoms with van der Waals surface area (Å²) in [4.78, 5) is 4.02. The molecule has 19 heavy (non-hydrogen) atoms. The lowest BCUT2D eigenvalue weighted by molar-refractivity contribution is -0.274. The summed E-state index contributed by atoms with van der Waals surface area (Å²) in [5.74, 6) is 0.184. The van der Waals surface area contributed by atoms with Gasteiger partial charge in [0, 0.05) is 7.11 Å². The van der Waals surface area contributed by atoms with Gasteiger partial charge >= 0.3 is 6.36 Å². The summed E-state index contributed by atoms with van der Waals surface area (Å²) >= 11 is 0. The topological polar surface area (TPSA) is 60.0 Å². The lowest BCUT2D eigenvalue weighted by Crippen LogP contribution is -2.17. The summed E-state index contributed by atoms with van der Waals surface area (Å²) in [6, 6.07) is 5.66. The lowest BCUT2D eigenvalue weighted by Gasteiger charge is -2.11. The van der Waals surface area contributed by atoms with Crippen LogP contribution < -0.4 is 4.74 Å². The van der Waals surface area contributed by atoms with Crippen LogP contribution in [0.3, 0.4) is 0 Å². The molecule has 0 unspecified atom stereocenters. The first-order valence-electron chi connectivity index (χ1n) is 5.25. The number of aromatic nitrogens is 3. The maximum atomic E-state index is 12.3. The zero-order chi connectivity index (χ0) is 13.9. The van der Waals surface area contributed by atoms with Crippen molar-refractivity contribution in [2.45, 2.75) is 13.0 Å². The molecule has 0 fully saturated rings. The molecule has 0 atom stereocenters. The first-order valence-corrected chi connectivity index (χ1v) is 5.25. The third kappa shape index (κ3) is 3.44. The highest BCUT2D eigenvalue weighted by atomic mass is 19.4. The van der Waals surface area contributed by atoms with Crippen molar-refractivity contribution in [2.75, 3.05) is 7.11 Å². The van der Waals surface area contributed by atoms with Gasteiger partial charge in [-0.15, -0.1) is 13.2 Å². The Labute approximate surface area is 106 Å². The molecule has 102 valence electrons. The van der Waals surface area contributed by atoms with E-state index in [9.17, 15) is 13.2 Å². The molecule has 0 aliphatic carbocycles. The summed E-state index contributed by atoms with van der Waals surface area (Å²) in [6.45, 7) is 0.190. The molecule has 1 heterocycles. The zero-order valence-electron chi connectivity index (χ0n) is 9.86. The Morgan fingerprint density at radius 1 is 1.26 bits per heavy atom. The highest BCUT2D eigenvalue weighted by Crippen LogP contribution is 2.31. The van der Waals surface area contributed by atoms with Crippen LogP contribution in [0.1, 0.15) is 5.82 Å². The van der Waals surface area contributed by atoms with E-state index in [1.807, 2.05) is 0 Å². The summed E-state index contributed by atoms with van der Waals surface area (Å²) in [5, 5.41) is 6.40. The van der Waals surface area contributed by atoms with Gasteiger partial charge in [0.25, 0.3) is 0 Å². The van der Waals surface area contributed by atoms with E-state index in [-0.39, 0.29) is 23.7 Å². The molecule has 0 spiro atoms. The quantitative estimate of drug-likeness (QED) is 0.929. The van der Waals surface area contributed by atoms with Gasteiger partial charge in [0.1, 0.15) is 12.4 Å². The summed E-state index contributed by atoms with van der Waals surface area (Å²) < 4.78 is 45.6. The van der Waals surface area contributed by atoms with Crippen molar-refractivity contribution < 1.29 is 22.6 Å². The van der Waals surface area contributed by atoms with Gasteiger partial charge in [0.05, 0.1) is 5.56 Å². The molecule has 2 rings (SSSR count). The van der Waals surface area contributed by atoms with Crippen molar-refractivity contribution in [1.82, 2.24) is 15.2 Å². The predicted octanol–water partition coefficient (Wildman–Crippen LogP) is 2.52. The van der Waals surface area contributed by atoms with Crippen molar-refractivity contribution in [3.05, 3.63) is 30.1 Å². The Kier molecular flexibility index (Phi) is 3.70. The van der Waals surface area contributed by atoms with E-state index in [0.717, 1.165) is 0 Å². The molecule has 0 aliphatic heterocycles. The van der Waals surface area contributed by atoms with E-state index in [1.165, 1.54) is 25.3 Å². The molecule has 2 aromatic rings. The van der Waals surface area contributed by atoms with Crippen molar-refractivity contribution in [2.24, 2.45) is 0 Å². The number of halogens is 3. The SMILES string of the molecule is COCc1nc(-c2ccccc2OC(F)(F)F)n[nH]1. The Hall–Kier alpha value is -2.09. The summed E-state index contributed by atoms with van der Waals surface area (Å²) in [6.07, 6.45) is -4.76. The first kappa shape index (κ1) is 13.3. The number of hydrogen-bond donors (Lipinski definition) is 1. The molecule has 0 saturated carbocycles. The first-order chi connectivity index (χ1) is 8.99.